The van der Waals surface area contributed by atoms with Gasteiger partial charge in [0.25, 0.3) is 0 Å². The third-order valence-electron chi connectivity index (χ3n) is 5.88. The Labute approximate surface area is 189 Å². The van der Waals surface area contributed by atoms with Crippen molar-refractivity contribution in [1.82, 2.24) is 14.9 Å². The van der Waals surface area contributed by atoms with Crippen molar-refractivity contribution in [2.45, 2.75) is 10.6 Å². The van der Waals surface area contributed by atoms with E-state index in [9.17, 15) is 8.42 Å². The molecule has 0 spiro atoms. The number of hydrogen-bond donors (Lipinski definition) is 1. The van der Waals surface area contributed by atoms with Gasteiger partial charge in [-0.15, -0.1) is 0 Å². The fraction of sp³-hybridized carbons (Fsp3) is 0.261. The third kappa shape index (κ3) is 3.73. The number of nitrogens with one attached hydrogen (secondary N) is 1. The number of H-pyrrole nitrogens is 1. The summed E-state index contributed by atoms with van der Waals surface area (Å²) in [5.74, 6) is -0.163. The van der Waals surface area contributed by atoms with Crippen molar-refractivity contribution >= 4 is 53.4 Å². The first kappa shape index (κ1) is 20.5. The average molecular weight is 499 g/mol. The van der Waals surface area contributed by atoms with Crippen LogP contribution in [0, 0.1) is 0 Å². The molecular weight excluding hydrogens is 476 g/mol. The normalized spacial score (nSPS) is 15.7. The largest absolute Gasteiger partial charge is 0.367 e. The molecule has 6 nitrogen and oxygen atoms in total. The molecule has 1 saturated heterocycles. The van der Waals surface area contributed by atoms with Gasteiger partial charge in [0.05, 0.1) is 31.9 Å². The van der Waals surface area contributed by atoms with Gasteiger partial charge >= 0.3 is 0 Å². The van der Waals surface area contributed by atoms with Crippen LogP contribution < -0.4 is 4.90 Å². The van der Waals surface area contributed by atoms with E-state index in [-0.39, 0.29) is 5.75 Å². The van der Waals surface area contributed by atoms with Crippen LogP contribution in [0.4, 0.5) is 5.69 Å². The molecule has 0 radical (unpaired) electrons. The van der Waals surface area contributed by atoms with Crippen LogP contribution in [-0.2, 0) is 15.6 Å². The standard InChI is InChI=1S/C23H23BrN4O2S/c1-27-11-13-28(14-12-27)22-20-17-9-5-6-10-18(17)25-23(20)26-19(21(22)24)15-31(29,30)16-7-3-2-4-8-16/h2-10H,11-15H2,1H3,(H,25,26). The molecule has 1 N–H and O–H groups in total. The molecule has 0 aliphatic carbocycles. The fourth-order valence-corrected chi connectivity index (χ4v) is 6.37. The molecule has 0 atom stereocenters. The summed E-state index contributed by atoms with van der Waals surface area (Å²) in [7, 11) is -1.40. The average Bonchev–Trinajstić information content (AvgIpc) is 3.13. The van der Waals surface area contributed by atoms with E-state index in [1.54, 1.807) is 24.3 Å². The lowest BCUT2D eigenvalue weighted by Gasteiger charge is -2.35. The number of halogens is 1. The van der Waals surface area contributed by atoms with Crippen LogP contribution in [0.15, 0.2) is 64.0 Å². The number of benzene rings is 2. The first-order valence-corrected chi connectivity index (χ1v) is 12.7. The van der Waals surface area contributed by atoms with Crippen LogP contribution in [0.1, 0.15) is 5.69 Å². The molecule has 2 aromatic carbocycles. The van der Waals surface area contributed by atoms with E-state index >= 15 is 0 Å². The number of hydrogen-bond acceptors (Lipinski definition) is 5. The van der Waals surface area contributed by atoms with E-state index in [4.69, 9.17) is 4.98 Å². The molecule has 3 heterocycles. The van der Waals surface area contributed by atoms with Gasteiger partial charge in [0.1, 0.15) is 5.65 Å². The third-order valence-corrected chi connectivity index (χ3v) is 8.36. The summed E-state index contributed by atoms with van der Waals surface area (Å²) >= 11 is 3.75. The van der Waals surface area contributed by atoms with Gasteiger partial charge in [-0.2, -0.15) is 0 Å². The van der Waals surface area contributed by atoms with E-state index in [2.05, 4.69) is 43.8 Å². The van der Waals surface area contributed by atoms with Crippen LogP contribution >= 0.6 is 15.9 Å². The van der Waals surface area contributed by atoms with Crippen LogP contribution in [0.2, 0.25) is 0 Å². The lowest BCUT2D eigenvalue weighted by molar-refractivity contribution is 0.313. The lowest BCUT2D eigenvalue weighted by atomic mass is 10.1. The summed E-state index contributed by atoms with van der Waals surface area (Å²) < 4.78 is 27.0. The van der Waals surface area contributed by atoms with Gasteiger partial charge in [-0.05, 0) is 41.2 Å². The molecule has 2 aromatic heterocycles. The molecule has 31 heavy (non-hydrogen) atoms. The van der Waals surface area contributed by atoms with Crippen LogP contribution in [0.3, 0.4) is 0 Å². The first-order chi connectivity index (χ1) is 14.9. The number of fused-ring (bicyclic) bond motifs is 3. The molecule has 4 aromatic rings. The number of likely N-dealkylation sites (N-methyl/N-ethyl adjacent to an activating group) is 1. The minimum Gasteiger partial charge on any atom is -0.367 e. The van der Waals surface area contributed by atoms with Gasteiger partial charge < -0.3 is 14.8 Å². The summed E-state index contributed by atoms with van der Waals surface area (Å²) in [6, 6.07) is 16.7. The molecule has 0 amide bonds. The SMILES string of the molecule is CN1CCN(c2c(Br)c(CS(=O)(=O)c3ccccc3)nc3[nH]c4ccccc4c23)CC1. The van der Waals surface area contributed by atoms with E-state index < -0.39 is 9.84 Å². The predicted octanol–water partition coefficient (Wildman–Crippen LogP) is 4.20. The molecule has 1 aliphatic rings. The molecule has 1 fully saturated rings. The second kappa shape index (κ2) is 7.93. The Balaban J connectivity index is 1.70. The molecular formula is C23H23BrN4O2S. The summed E-state index contributed by atoms with van der Waals surface area (Å²) in [6.45, 7) is 3.66. The van der Waals surface area contributed by atoms with Gasteiger partial charge in [-0.1, -0.05) is 36.4 Å². The monoisotopic (exact) mass is 498 g/mol. The zero-order valence-corrected chi connectivity index (χ0v) is 19.6. The van der Waals surface area contributed by atoms with E-state index in [1.165, 1.54) is 0 Å². The Kier molecular flexibility index (Phi) is 5.24. The van der Waals surface area contributed by atoms with Crippen molar-refractivity contribution in [3.8, 4) is 0 Å². The summed E-state index contributed by atoms with van der Waals surface area (Å²) in [5.41, 5.74) is 3.26. The number of aromatic nitrogens is 2. The first-order valence-electron chi connectivity index (χ1n) is 10.2. The molecule has 5 rings (SSSR count). The van der Waals surface area contributed by atoms with E-state index in [1.807, 2.05) is 24.3 Å². The van der Waals surface area contributed by atoms with Crippen molar-refractivity contribution in [2.24, 2.45) is 0 Å². The number of piperazine rings is 1. The molecule has 0 unspecified atom stereocenters. The van der Waals surface area contributed by atoms with Gasteiger partial charge in [-0.3, -0.25) is 0 Å². The second-order valence-electron chi connectivity index (χ2n) is 7.98. The number of aromatic amines is 1. The van der Waals surface area contributed by atoms with E-state index in [0.29, 0.717) is 10.6 Å². The Hall–Kier alpha value is -2.42. The minimum absolute atomic E-state index is 0.163. The smallest absolute Gasteiger partial charge is 0.184 e. The van der Waals surface area contributed by atoms with Gasteiger partial charge in [0.2, 0.25) is 0 Å². The van der Waals surface area contributed by atoms with Crippen molar-refractivity contribution in [3.63, 3.8) is 0 Å². The highest BCUT2D eigenvalue weighted by molar-refractivity contribution is 9.10. The van der Waals surface area contributed by atoms with Crippen molar-refractivity contribution in [1.29, 1.82) is 0 Å². The molecule has 1 aliphatic heterocycles. The quantitative estimate of drug-likeness (QED) is 0.456. The van der Waals surface area contributed by atoms with Crippen LogP contribution in [0.5, 0.6) is 0 Å². The van der Waals surface area contributed by atoms with Gasteiger partial charge in [-0.25, -0.2) is 13.4 Å². The van der Waals surface area contributed by atoms with Crippen LogP contribution in [0.25, 0.3) is 21.9 Å². The Bertz CT molecular complexity index is 1360. The van der Waals surface area contributed by atoms with Gasteiger partial charge in [0.15, 0.2) is 9.84 Å². The summed E-state index contributed by atoms with van der Waals surface area (Å²) in [5, 5.41) is 2.13. The number of sulfone groups is 1. The lowest BCUT2D eigenvalue weighted by Crippen LogP contribution is -2.44. The second-order valence-corrected chi connectivity index (χ2v) is 10.8. The number of nitrogens with zero attached hydrogens (tertiary/aromatic N) is 3. The zero-order chi connectivity index (χ0) is 21.6. The Morgan fingerprint density at radius 1 is 1.00 bits per heavy atom. The number of anilines is 1. The number of rotatable bonds is 4. The minimum atomic E-state index is -3.52. The van der Waals surface area contributed by atoms with Crippen molar-refractivity contribution in [2.75, 3.05) is 38.1 Å². The molecule has 8 heteroatoms. The van der Waals surface area contributed by atoms with Crippen molar-refractivity contribution in [3.05, 3.63) is 64.8 Å². The van der Waals surface area contributed by atoms with Crippen LogP contribution in [-0.4, -0.2) is 56.5 Å². The molecule has 160 valence electrons. The zero-order valence-electron chi connectivity index (χ0n) is 17.2. The number of pyridine rings is 1. The van der Waals surface area contributed by atoms with Crippen molar-refractivity contribution < 1.29 is 8.42 Å². The molecule has 0 saturated carbocycles. The summed E-state index contributed by atoms with van der Waals surface area (Å²) in [6.07, 6.45) is 0. The number of para-hydroxylation sites is 1. The highest BCUT2D eigenvalue weighted by Gasteiger charge is 2.26. The summed E-state index contributed by atoms with van der Waals surface area (Å²) in [4.78, 5) is 13.1. The molecule has 0 bridgehead atoms. The predicted molar refractivity (Wildman–Crippen MR) is 128 cm³/mol. The highest BCUT2D eigenvalue weighted by Crippen LogP contribution is 2.41. The maximum atomic E-state index is 13.1. The fourth-order valence-electron chi connectivity index (χ4n) is 4.20. The Morgan fingerprint density at radius 2 is 1.68 bits per heavy atom. The highest BCUT2D eigenvalue weighted by atomic mass is 79.9. The maximum Gasteiger partial charge on any atom is 0.184 e. The Morgan fingerprint density at radius 3 is 2.42 bits per heavy atom. The van der Waals surface area contributed by atoms with E-state index in [0.717, 1.165) is 58.3 Å². The van der Waals surface area contributed by atoms with Gasteiger partial charge in [0, 0.05) is 37.1 Å². The topological polar surface area (TPSA) is 69.3 Å². The maximum absolute atomic E-state index is 13.1.